The lowest BCUT2D eigenvalue weighted by Gasteiger charge is -2.18. The molecular weight excluding hydrogens is 345 g/mol. The Labute approximate surface area is 119 Å². The van der Waals surface area contributed by atoms with E-state index in [1.54, 1.807) is 32.9 Å². The second kappa shape index (κ2) is 4.79. The van der Waals surface area contributed by atoms with Gasteiger partial charge in [-0.1, -0.05) is 0 Å². The number of nitrogens with one attached hydrogen (secondary N) is 1. The van der Waals surface area contributed by atoms with Gasteiger partial charge in [0.05, 0.1) is 5.52 Å². The van der Waals surface area contributed by atoms with E-state index in [1.165, 1.54) is 0 Å². The molecule has 1 heterocycles. The van der Waals surface area contributed by atoms with E-state index in [2.05, 4.69) is 27.6 Å². The quantitative estimate of drug-likeness (QED) is 0.474. The van der Waals surface area contributed by atoms with E-state index >= 15 is 0 Å². The number of H-pyrrole nitrogens is 1. The van der Waals surface area contributed by atoms with Gasteiger partial charge in [-0.3, -0.25) is 0 Å². The van der Waals surface area contributed by atoms with Crippen LogP contribution in [0.3, 0.4) is 0 Å². The maximum atomic E-state index is 11.5. The van der Waals surface area contributed by atoms with Gasteiger partial charge in [0.25, 0.3) is 0 Å². The van der Waals surface area contributed by atoms with Gasteiger partial charge in [0.2, 0.25) is 0 Å². The van der Waals surface area contributed by atoms with Crippen LogP contribution in [0.4, 0.5) is 4.79 Å². The Morgan fingerprint density at radius 1 is 1.33 bits per heavy atom. The van der Waals surface area contributed by atoms with Crippen molar-refractivity contribution in [2.75, 3.05) is 0 Å². The number of benzene rings is 1. The van der Waals surface area contributed by atoms with Crippen molar-refractivity contribution in [1.29, 1.82) is 0 Å². The molecule has 0 fully saturated rings. The van der Waals surface area contributed by atoms with Gasteiger partial charge in [0.15, 0.2) is 0 Å². The molecule has 96 valence electrons. The van der Waals surface area contributed by atoms with Gasteiger partial charge in [-0.15, -0.1) is 0 Å². The number of hydrogen-bond acceptors (Lipinski definition) is 3. The van der Waals surface area contributed by atoms with Crippen molar-refractivity contribution in [3.8, 4) is 5.75 Å². The van der Waals surface area contributed by atoms with Crippen LogP contribution in [-0.2, 0) is 4.74 Å². The van der Waals surface area contributed by atoms with Crippen molar-refractivity contribution >= 4 is 39.6 Å². The van der Waals surface area contributed by atoms with Gasteiger partial charge < -0.3 is 14.5 Å². The van der Waals surface area contributed by atoms with E-state index < -0.39 is 11.8 Å². The van der Waals surface area contributed by atoms with Crippen LogP contribution < -0.4 is 4.74 Å². The lowest BCUT2D eigenvalue weighted by Crippen LogP contribution is -2.25. The highest BCUT2D eigenvalue weighted by molar-refractivity contribution is 14.1. The van der Waals surface area contributed by atoms with Crippen molar-refractivity contribution < 1.29 is 14.3 Å². The molecule has 0 atom stereocenters. The lowest BCUT2D eigenvalue weighted by molar-refractivity contribution is 0.0206. The smallest absolute Gasteiger partial charge is 0.428 e. The first kappa shape index (κ1) is 13.2. The second-order valence-electron chi connectivity index (χ2n) is 4.91. The number of hydrogen-bond donors (Lipinski definition) is 1. The highest BCUT2D eigenvalue weighted by atomic mass is 127. The number of aromatic amines is 1. The molecule has 18 heavy (non-hydrogen) atoms. The van der Waals surface area contributed by atoms with Crippen molar-refractivity contribution in [2.45, 2.75) is 26.4 Å². The number of ether oxygens (including phenoxy) is 2. The first-order valence-corrected chi connectivity index (χ1v) is 6.60. The largest absolute Gasteiger partial charge is 0.514 e. The van der Waals surface area contributed by atoms with Crippen LogP contribution in [0.25, 0.3) is 10.9 Å². The standard InChI is InChI=1S/C13H14INO3/c1-13(2,3)18-12(16)17-8-4-5-9-10(14)7-15-11(9)6-8/h4-7,15H,1-3H3. The van der Waals surface area contributed by atoms with Crippen LogP contribution in [0.5, 0.6) is 5.75 Å². The number of aromatic nitrogens is 1. The molecule has 0 aliphatic heterocycles. The molecule has 5 heteroatoms. The molecule has 1 aromatic heterocycles. The second-order valence-corrected chi connectivity index (χ2v) is 6.07. The molecular formula is C13H14INO3. The van der Waals surface area contributed by atoms with E-state index in [1.807, 2.05) is 12.3 Å². The number of rotatable bonds is 1. The Morgan fingerprint density at radius 2 is 2.06 bits per heavy atom. The fourth-order valence-corrected chi connectivity index (χ4v) is 2.13. The molecule has 0 amide bonds. The van der Waals surface area contributed by atoms with Crippen molar-refractivity contribution in [1.82, 2.24) is 4.98 Å². The van der Waals surface area contributed by atoms with Crippen LogP contribution in [0.1, 0.15) is 20.8 Å². The Balaban J connectivity index is 2.15. The number of halogens is 1. The monoisotopic (exact) mass is 359 g/mol. The van der Waals surface area contributed by atoms with Gasteiger partial charge in [0.1, 0.15) is 11.4 Å². The summed E-state index contributed by atoms with van der Waals surface area (Å²) in [6.07, 6.45) is 1.21. The Kier molecular flexibility index (Phi) is 3.52. The van der Waals surface area contributed by atoms with E-state index in [4.69, 9.17) is 9.47 Å². The molecule has 0 radical (unpaired) electrons. The van der Waals surface area contributed by atoms with Gasteiger partial charge in [-0.25, -0.2) is 4.79 Å². The highest BCUT2D eigenvalue weighted by Crippen LogP contribution is 2.24. The van der Waals surface area contributed by atoms with E-state index in [-0.39, 0.29) is 0 Å². The van der Waals surface area contributed by atoms with Crippen LogP contribution in [0.2, 0.25) is 0 Å². The predicted molar refractivity (Wildman–Crippen MR) is 77.9 cm³/mol. The van der Waals surface area contributed by atoms with Gasteiger partial charge in [-0.05, 0) is 55.5 Å². The van der Waals surface area contributed by atoms with Crippen LogP contribution in [-0.4, -0.2) is 16.7 Å². The maximum Gasteiger partial charge on any atom is 0.514 e. The molecule has 4 nitrogen and oxygen atoms in total. The third kappa shape index (κ3) is 3.16. The molecule has 0 aliphatic rings. The van der Waals surface area contributed by atoms with Crippen LogP contribution in [0.15, 0.2) is 24.4 Å². The molecule has 1 N–H and O–H groups in total. The Bertz CT molecular complexity index is 583. The zero-order valence-corrected chi connectivity index (χ0v) is 12.6. The first-order valence-electron chi connectivity index (χ1n) is 5.52. The minimum absolute atomic E-state index is 0.468. The highest BCUT2D eigenvalue weighted by Gasteiger charge is 2.18. The molecule has 0 aliphatic carbocycles. The molecule has 0 bridgehead atoms. The molecule has 1 aromatic carbocycles. The molecule has 0 saturated heterocycles. The molecule has 2 aromatic rings. The molecule has 0 saturated carbocycles. The van der Waals surface area contributed by atoms with Crippen molar-refractivity contribution in [2.24, 2.45) is 0 Å². The maximum absolute atomic E-state index is 11.5. The number of carbonyl (C=O) groups is 1. The Hall–Kier alpha value is -1.24. The minimum Gasteiger partial charge on any atom is -0.428 e. The fourth-order valence-electron chi connectivity index (χ4n) is 1.50. The predicted octanol–water partition coefficient (Wildman–Crippen LogP) is 4.09. The first-order chi connectivity index (χ1) is 8.35. The Morgan fingerprint density at radius 3 is 2.72 bits per heavy atom. The third-order valence-electron chi connectivity index (χ3n) is 2.19. The summed E-state index contributed by atoms with van der Waals surface area (Å²) in [5.41, 5.74) is 0.378. The zero-order chi connectivity index (χ0) is 13.3. The van der Waals surface area contributed by atoms with Crippen molar-refractivity contribution in [3.63, 3.8) is 0 Å². The normalized spacial score (nSPS) is 11.6. The van der Waals surface area contributed by atoms with E-state index in [9.17, 15) is 4.79 Å². The summed E-state index contributed by atoms with van der Waals surface area (Å²) in [4.78, 5) is 14.6. The van der Waals surface area contributed by atoms with Crippen molar-refractivity contribution in [3.05, 3.63) is 28.0 Å². The summed E-state index contributed by atoms with van der Waals surface area (Å²) in [5, 5.41) is 1.10. The van der Waals surface area contributed by atoms with E-state index in [0.717, 1.165) is 14.5 Å². The molecule has 0 spiro atoms. The average Bonchev–Trinajstić information content (AvgIpc) is 2.57. The average molecular weight is 359 g/mol. The summed E-state index contributed by atoms with van der Waals surface area (Å²) in [6.45, 7) is 5.39. The summed E-state index contributed by atoms with van der Waals surface area (Å²) in [5.74, 6) is 0.468. The van der Waals surface area contributed by atoms with Crippen LogP contribution >= 0.6 is 22.6 Å². The third-order valence-corrected chi connectivity index (χ3v) is 3.09. The summed E-state index contributed by atoms with van der Waals surface area (Å²) < 4.78 is 11.3. The van der Waals surface area contributed by atoms with E-state index in [0.29, 0.717) is 5.75 Å². The fraction of sp³-hybridized carbons (Fsp3) is 0.308. The van der Waals surface area contributed by atoms with Gasteiger partial charge >= 0.3 is 6.16 Å². The summed E-state index contributed by atoms with van der Waals surface area (Å²) in [6, 6.07) is 5.44. The molecule has 0 unspecified atom stereocenters. The minimum atomic E-state index is -0.692. The SMILES string of the molecule is CC(C)(C)OC(=O)Oc1ccc2c(I)c[nH]c2c1. The topological polar surface area (TPSA) is 51.3 Å². The lowest BCUT2D eigenvalue weighted by atomic mass is 10.2. The molecule has 2 rings (SSSR count). The van der Waals surface area contributed by atoms with Crippen LogP contribution in [0, 0.1) is 3.57 Å². The van der Waals surface area contributed by atoms with Gasteiger partial charge in [0, 0.05) is 21.2 Å². The summed E-state index contributed by atoms with van der Waals surface area (Å²) in [7, 11) is 0. The number of fused-ring (bicyclic) bond motifs is 1. The zero-order valence-electron chi connectivity index (χ0n) is 10.4. The summed E-state index contributed by atoms with van der Waals surface area (Å²) >= 11 is 2.24. The number of carbonyl (C=O) groups excluding carboxylic acids is 1. The van der Waals surface area contributed by atoms with Gasteiger partial charge in [-0.2, -0.15) is 0 Å².